The Hall–Kier alpha value is -3.04. The Morgan fingerprint density at radius 2 is 2.00 bits per heavy atom. The van der Waals surface area contributed by atoms with Crippen molar-refractivity contribution in [2.75, 3.05) is 10.7 Å². The molecule has 25 heavy (non-hydrogen) atoms. The van der Waals surface area contributed by atoms with Crippen LogP contribution in [0.5, 0.6) is 0 Å². The highest BCUT2D eigenvalue weighted by Gasteiger charge is 2.32. The minimum Gasteiger partial charge on any atom is -0.337 e. The van der Waals surface area contributed by atoms with E-state index in [1.54, 1.807) is 4.90 Å². The zero-order valence-electron chi connectivity index (χ0n) is 13.5. The van der Waals surface area contributed by atoms with Crippen LogP contribution in [0.1, 0.15) is 11.4 Å². The standard InChI is InChI=1S/C19H14N4OS/c1-12-6-8-13(9-7-12)23-17(24)11-25-19(23)14(10-20)18-21-15-4-2-3-5-16(15)22-18/h2-9H,11H2,1H3,(H,21,22)/b19-14+. The Bertz CT molecular complexity index is 1010. The van der Waals surface area contributed by atoms with E-state index in [0.717, 1.165) is 22.3 Å². The summed E-state index contributed by atoms with van der Waals surface area (Å²) in [5, 5.41) is 10.4. The molecule has 4 rings (SSSR count). The minimum absolute atomic E-state index is 0.0345. The number of hydrogen-bond donors (Lipinski definition) is 1. The van der Waals surface area contributed by atoms with Crippen LogP contribution in [0.25, 0.3) is 16.6 Å². The molecule has 1 N–H and O–H groups in total. The molecule has 6 heteroatoms. The molecular formula is C19H14N4OS. The summed E-state index contributed by atoms with van der Waals surface area (Å²) in [5.74, 6) is 0.764. The van der Waals surface area contributed by atoms with Gasteiger partial charge in [0.1, 0.15) is 16.7 Å². The number of aryl methyl sites for hydroxylation is 1. The molecule has 1 aliphatic heterocycles. The number of H-pyrrole nitrogens is 1. The van der Waals surface area contributed by atoms with Gasteiger partial charge in [-0.25, -0.2) is 4.98 Å². The molecule has 1 amide bonds. The molecule has 0 radical (unpaired) electrons. The van der Waals surface area contributed by atoms with Gasteiger partial charge in [0, 0.05) is 5.69 Å². The lowest BCUT2D eigenvalue weighted by Crippen LogP contribution is -2.24. The van der Waals surface area contributed by atoms with Crippen LogP contribution in [0.4, 0.5) is 5.69 Å². The van der Waals surface area contributed by atoms with Gasteiger partial charge >= 0.3 is 0 Å². The summed E-state index contributed by atoms with van der Waals surface area (Å²) in [6, 6.07) is 17.5. The number of fused-ring (bicyclic) bond motifs is 1. The third kappa shape index (κ3) is 2.69. The summed E-state index contributed by atoms with van der Waals surface area (Å²) in [4.78, 5) is 21.7. The first-order valence-electron chi connectivity index (χ1n) is 7.79. The summed E-state index contributed by atoms with van der Waals surface area (Å²) < 4.78 is 0. The van der Waals surface area contributed by atoms with Crippen molar-refractivity contribution >= 4 is 40.0 Å². The van der Waals surface area contributed by atoms with E-state index in [2.05, 4.69) is 16.0 Å². The lowest BCUT2D eigenvalue weighted by molar-refractivity contribution is -0.115. The molecule has 122 valence electrons. The number of thioether (sulfide) groups is 1. The van der Waals surface area contributed by atoms with E-state index < -0.39 is 0 Å². The molecule has 0 atom stereocenters. The zero-order valence-corrected chi connectivity index (χ0v) is 14.3. The monoisotopic (exact) mass is 346 g/mol. The molecule has 0 bridgehead atoms. The number of amides is 1. The van der Waals surface area contributed by atoms with E-state index >= 15 is 0 Å². The predicted octanol–water partition coefficient (Wildman–Crippen LogP) is 3.84. The van der Waals surface area contributed by atoms with Gasteiger partial charge in [0.05, 0.1) is 16.8 Å². The second-order valence-corrected chi connectivity index (χ2v) is 6.71. The second-order valence-electron chi connectivity index (χ2n) is 5.75. The number of nitrogens with zero attached hydrogens (tertiary/aromatic N) is 3. The molecule has 2 aromatic carbocycles. The SMILES string of the molecule is Cc1ccc(N2C(=O)CS/C2=C(\C#N)c2nc3ccccc3[nH]2)cc1. The highest BCUT2D eigenvalue weighted by atomic mass is 32.2. The van der Waals surface area contributed by atoms with Crippen LogP contribution in [0, 0.1) is 18.3 Å². The molecule has 0 saturated carbocycles. The van der Waals surface area contributed by atoms with Crippen molar-refractivity contribution in [3.8, 4) is 6.07 Å². The van der Waals surface area contributed by atoms with Crippen molar-refractivity contribution in [3.63, 3.8) is 0 Å². The second kappa shape index (κ2) is 6.11. The largest absolute Gasteiger partial charge is 0.337 e. The van der Waals surface area contributed by atoms with Gasteiger partial charge < -0.3 is 4.98 Å². The number of imidazole rings is 1. The normalized spacial score (nSPS) is 16.3. The average Bonchev–Trinajstić information content (AvgIpc) is 3.21. The number of carbonyl (C=O) groups is 1. The Labute approximate surface area is 149 Å². The van der Waals surface area contributed by atoms with Crippen LogP contribution in [0.15, 0.2) is 53.6 Å². The van der Waals surface area contributed by atoms with Crippen molar-refractivity contribution in [2.24, 2.45) is 0 Å². The molecule has 1 saturated heterocycles. The van der Waals surface area contributed by atoms with Gasteiger partial charge in [0.25, 0.3) is 0 Å². The van der Waals surface area contributed by atoms with Gasteiger partial charge in [-0.2, -0.15) is 5.26 Å². The van der Waals surface area contributed by atoms with Crippen molar-refractivity contribution in [1.29, 1.82) is 5.26 Å². The number of nitriles is 1. The number of benzene rings is 2. The molecule has 3 aromatic rings. The number of carbonyl (C=O) groups excluding carboxylic acids is 1. The van der Waals surface area contributed by atoms with Crippen LogP contribution >= 0.6 is 11.8 Å². The van der Waals surface area contributed by atoms with Crippen LogP contribution in [-0.2, 0) is 4.79 Å². The Morgan fingerprint density at radius 1 is 1.24 bits per heavy atom. The topological polar surface area (TPSA) is 72.8 Å². The number of aromatic amines is 1. The summed E-state index contributed by atoms with van der Waals surface area (Å²) in [5.41, 5.74) is 3.92. The van der Waals surface area contributed by atoms with Crippen LogP contribution in [-0.4, -0.2) is 21.6 Å². The smallest absolute Gasteiger partial charge is 0.242 e. The first kappa shape index (κ1) is 15.5. The minimum atomic E-state index is -0.0345. The molecule has 1 fully saturated rings. The maximum atomic E-state index is 12.4. The van der Waals surface area contributed by atoms with Crippen LogP contribution in [0.3, 0.4) is 0 Å². The lowest BCUT2D eigenvalue weighted by Gasteiger charge is -2.18. The fraction of sp³-hybridized carbons (Fsp3) is 0.105. The van der Waals surface area contributed by atoms with E-state index in [-0.39, 0.29) is 5.91 Å². The maximum absolute atomic E-state index is 12.4. The molecule has 1 aliphatic rings. The Morgan fingerprint density at radius 3 is 2.72 bits per heavy atom. The van der Waals surface area contributed by atoms with Gasteiger partial charge in [-0.15, -0.1) is 0 Å². The van der Waals surface area contributed by atoms with Crippen molar-refractivity contribution < 1.29 is 4.79 Å². The lowest BCUT2D eigenvalue weighted by atomic mass is 10.2. The fourth-order valence-corrected chi connectivity index (χ4v) is 3.80. The third-order valence-electron chi connectivity index (χ3n) is 4.03. The number of para-hydroxylation sites is 2. The van der Waals surface area contributed by atoms with Crippen LogP contribution < -0.4 is 4.90 Å². The first-order chi connectivity index (χ1) is 12.2. The third-order valence-corrected chi connectivity index (χ3v) is 5.08. The van der Waals surface area contributed by atoms with Gasteiger partial charge in [-0.1, -0.05) is 41.6 Å². The number of nitrogens with one attached hydrogen (secondary N) is 1. The summed E-state index contributed by atoms with van der Waals surface area (Å²) in [6.07, 6.45) is 0. The molecule has 0 aliphatic carbocycles. The number of allylic oxidation sites excluding steroid dienone is 1. The maximum Gasteiger partial charge on any atom is 0.242 e. The highest BCUT2D eigenvalue weighted by molar-refractivity contribution is 8.04. The van der Waals surface area contributed by atoms with E-state index in [4.69, 9.17) is 0 Å². The van der Waals surface area contributed by atoms with Crippen LogP contribution in [0.2, 0.25) is 0 Å². The molecular weight excluding hydrogens is 332 g/mol. The molecule has 5 nitrogen and oxygen atoms in total. The van der Waals surface area contributed by atoms with Gasteiger partial charge in [-0.3, -0.25) is 9.69 Å². The quantitative estimate of drug-likeness (QED) is 0.716. The summed E-state index contributed by atoms with van der Waals surface area (Å²) in [6.45, 7) is 2.00. The molecule has 1 aromatic heterocycles. The Kier molecular flexibility index (Phi) is 3.79. The van der Waals surface area contributed by atoms with Crippen molar-refractivity contribution in [2.45, 2.75) is 6.92 Å². The van der Waals surface area contributed by atoms with Gasteiger partial charge in [0.2, 0.25) is 5.91 Å². The van der Waals surface area contributed by atoms with E-state index in [0.29, 0.717) is 22.2 Å². The van der Waals surface area contributed by atoms with E-state index in [9.17, 15) is 10.1 Å². The number of rotatable bonds is 2. The highest BCUT2D eigenvalue weighted by Crippen LogP contribution is 2.38. The van der Waals surface area contributed by atoms with Gasteiger partial charge in [-0.05, 0) is 31.2 Å². The van der Waals surface area contributed by atoms with Crippen molar-refractivity contribution in [3.05, 3.63) is 64.9 Å². The van der Waals surface area contributed by atoms with Crippen molar-refractivity contribution in [1.82, 2.24) is 9.97 Å². The van der Waals surface area contributed by atoms with E-state index in [1.165, 1.54) is 11.8 Å². The number of hydrogen-bond acceptors (Lipinski definition) is 4. The average molecular weight is 346 g/mol. The summed E-state index contributed by atoms with van der Waals surface area (Å²) in [7, 11) is 0. The fourth-order valence-electron chi connectivity index (χ4n) is 2.78. The number of anilines is 1. The molecule has 0 unspecified atom stereocenters. The Balaban J connectivity index is 1.86. The predicted molar refractivity (Wildman–Crippen MR) is 99.7 cm³/mol. The zero-order chi connectivity index (χ0) is 17.4. The van der Waals surface area contributed by atoms with E-state index in [1.807, 2.05) is 55.5 Å². The molecule has 2 heterocycles. The number of aromatic nitrogens is 2. The molecule has 0 spiro atoms. The summed E-state index contributed by atoms with van der Waals surface area (Å²) >= 11 is 1.37. The first-order valence-corrected chi connectivity index (χ1v) is 8.78. The van der Waals surface area contributed by atoms with Gasteiger partial charge in [0.15, 0.2) is 5.82 Å².